The van der Waals surface area contributed by atoms with Crippen molar-refractivity contribution in [3.63, 3.8) is 0 Å². The van der Waals surface area contributed by atoms with Gasteiger partial charge in [0.2, 0.25) is 0 Å². The second kappa shape index (κ2) is 9.24. The van der Waals surface area contributed by atoms with Gasteiger partial charge in [-0.05, 0) is 23.6 Å². The van der Waals surface area contributed by atoms with E-state index in [-0.39, 0.29) is 25.8 Å². The van der Waals surface area contributed by atoms with Crippen molar-refractivity contribution >= 4 is 27.8 Å². The first-order valence-corrected chi connectivity index (χ1v) is 8.61. The molecule has 5 aromatic rings. The number of carboxylic acid groups (broad SMARTS) is 1. The molecule has 0 bridgehead atoms. The molecule has 0 unspecified atom stereocenters. The molecule has 2 aromatic heterocycles. The largest absolute Gasteiger partial charge is 0.481 e. The van der Waals surface area contributed by atoms with Gasteiger partial charge in [0.1, 0.15) is 17.2 Å². The van der Waals surface area contributed by atoms with Crippen LogP contribution in [0.1, 0.15) is 10.5 Å². The average molecular weight is 560 g/mol. The van der Waals surface area contributed by atoms with Crippen molar-refractivity contribution in [2.24, 2.45) is 0 Å². The molecule has 0 atom stereocenters. The maximum Gasteiger partial charge on any atom is 0.354 e. The van der Waals surface area contributed by atoms with Crippen LogP contribution in [-0.2, 0) is 20.1 Å². The molecule has 3 aromatic carbocycles. The van der Waals surface area contributed by atoms with Crippen LogP contribution in [0.3, 0.4) is 0 Å². The molecule has 1 N–H and O–H groups in total. The van der Waals surface area contributed by atoms with Gasteiger partial charge in [-0.1, -0.05) is 42.0 Å². The second-order valence-corrected chi connectivity index (χ2v) is 5.98. The van der Waals surface area contributed by atoms with Crippen molar-refractivity contribution in [3.8, 4) is 11.5 Å². The predicted molar refractivity (Wildman–Crippen MR) is 107 cm³/mol. The van der Waals surface area contributed by atoms with Crippen LogP contribution in [0.5, 0.6) is 0 Å². The van der Waals surface area contributed by atoms with E-state index in [2.05, 4.69) is 16.0 Å². The molecular weight excluding hydrogens is 544 g/mol. The number of nitrogens with zero attached hydrogens (tertiary/aromatic N) is 2. The Morgan fingerprint density at radius 3 is 2.38 bits per heavy atom. The number of benzene rings is 3. The number of carbonyl (C=O) groups is 1. The van der Waals surface area contributed by atoms with E-state index in [1.807, 2.05) is 72.8 Å². The normalized spacial score (nSPS) is 10.1. The molecule has 0 aliphatic carbocycles. The number of hydrogen-bond donors (Lipinski definition) is 1. The van der Waals surface area contributed by atoms with Crippen LogP contribution in [0.25, 0.3) is 33.3 Å². The van der Waals surface area contributed by atoms with E-state index < -0.39 is 5.97 Å². The molecular formula is C23H15IrN2O3-. The van der Waals surface area contributed by atoms with Crippen LogP contribution in [0.2, 0.25) is 0 Å². The number of pyridine rings is 1. The van der Waals surface area contributed by atoms with Gasteiger partial charge in [-0.2, -0.15) is 0 Å². The van der Waals surface area contributed by atoms with Crippen LogP contribution in [0.4, 0.5) is 0 Å². The number of aromatic carboxylic acids is 1. The van der Waals surface area contributed by atoms with Crippen LogP contribution < -0.4 is 0 Å². The molecule has 145 valence electrons. The predicted octanol–water partition coefficient (Wildman–Crippen LogP) is 5.23. The first-order valence-electron chi connectivity index (χ1n) is 8.61. The topological polar surface area (TPSA) is 76.2 Å². The van der Waals surface area contributed by atoms with E-state index in [4.69, 9.17) is 9.52 Å². The Bertz CT molecular complexity index is 1220. The van der Waals surface area contributed by atoms with Gasteiger partial charge in [0.25, 0.3) is 0 Å². The molecule has 2 heterocycles. The Kier molecular flexibility index (Phi) is 6.50. The zero-order chi connectivity index (χ0) is 19.3. The first-order chi connectivity index (χ1) is 13.7. The monoisotopic (exact) mass is 560 g/mol. The van der Waals surface area contributed by atoms with Crippen molar-refractivity contribution in [1.82, 2.24) is 9.97 Å². The van der Waals surface area contributed by atoms with Gasteiger partial charge in [0, 0.05) is 31.7 Å². The van der Waals surface area contributed by atoms with Gasteiger partial charge in [0.15, 0.2) is 0 Å². The van der Waals surface area contributed by atoms with Crippen LogP contribution in [0, 0.1) is 6.07 Å². The molecule has 0 aliphatic heterocycles. The molecule has 1 radical (unpaired) electrons. The Morgan fingerprint density at radius 1 is 0.931 bits per heavy atom. The fourth-order valence-corrected chi connectivity index (χ4v) is 2.71. The van der Waals surface area contributed by atoms with Crippen LogP contribution in [-0.4, -0.2) is 21.0 Å². The van der Waals surface area contributed by atoms with E-state index in [1.54, 1.807) is 12.3 Å². The summed E-state index contributed by atoms with van der Waals surface area (Å²) in [5.74, 6) is -0.373. The molecule has 5 rings (SSSR count). The Labute approximate surface area is 180 Å². The summed E-state index contributed by atoms with van der Waals surface area (Å²) < 4.78 is 5.61. The minimum atomic E-state index is -0.995. The number of hydrogen-bond acceptors (Lipinski definition) is 4. The number of aromatic nitrogens is 2. The summed E-state index contributed by atoms with van der Waals surface area (Å²) in [4.78, 5) is 18.8. The van der Waals surface area contributed by atoms with E-state index in [1.165, 1.54) is 0 Å². The molecule has 0 spiro atoms. The zero-order valence-electron chi connectivity index (χ0n) is 15.1. The van der Waals surface area contributed by atoms with Crippen molar-refractivity contribution in [1.29, 1.82) is 0 Å². The van der Waals surface area contributed by atoms with E-state index in [0.29, 0.717) is 5.89 Å². The summed E-state index contributed by atoms with van der Waals surface area (Å²) in [6, 6.07) is 27.6. The molecule has 0 saturated carbocycles. The van der Waals surface area contributed by atoms with E-state index in [9.17, 15) is 4.79 Å². The second-order valence-electron chi connectivity index (χ2n) is 5.98. The molecule has 0 aliphatic rings. The Balaban J connectivity index is 0.000000162. The summed E-state index contributed by atoms with van der Waals surface area (Å²) in [5, 5.41) is 10.5. The van der Waals surface area contributed by atoms with Crippen molar-refractivity contribution in [2.75, 3.05) is 0 Å². The first kappa shape index (κ1) is 20.4. The maximum atomic E-state index is 10.6. The SMILES string of the molecule is O=C(O)c1cc2ccccc2cn1.[Ir].[c-]1ccccc1-c1nc2ccccc2o1. The summed E-state index contributed by atoms with van der Waals surface area (Å²) in [6.45, 7) is 0. The van der Waals surface area contributed by atoms with Crippen molar-refractivity contribution in [2.45, 2.75) is 0 Å². The molecule has 0 fully saturated rings. The standard InChI is InChI=1S/C13H8NO.C10H7NO2.Ir/c1-2-6-10(7-3-1)13-14-11-8-4-5-9-12(11)15-13;12-10(13)9-5-7-3-1-2-4-8(7)6-11-9;/h1-6,8-9H;1-6H,(H,12,13);/q-1;;. The summed E-state index contributed by atoms with van der Waals surface area (Å²) in [6.07, 6.45) is 1.57. The fraction of sp³-hybridized carbons (Fsp3) is 0. The molecule has 0 saturated heterocycles. The van der Waals surface area contributed by atoms with Crippen molar-refractivity contribution in [3.05, 3.63) is 96.8 Å². The van der Waals surface area contributed by atoms with Crippen LogP contribution in [0.15, 0.2) is 89.5 Å². The molecule has 29 heavy (non-hydrogen) atoms. The van der Waals surface area contributed by atoms with Gasteiger partial charge in [-0.15, -0.1) is 30.3 Å². The third-order valence-electron chi connectivity index (χ3n) is 4.08. The van der Waals surface area contributed by atoms with Gasteiger partial charge in [-0.3, -0.25) is 4.98 Å². The van der Waals surface area contributed by atoms with E-state index in [0.717, 1.165) is 27.4 Å². The minimum Gasteiger partial charge on any atom is -0.481 e. The summed E-state index contributed by atoms with van der Waals surface area (Å²) in [5.41, 5.74) is 2.65. The average Bonchev–Trinajstić information content (AvgIpc) is 3.19. The van der Waals surface area contributed by atoms with Gasteiger partial charge >= 0.3 is 5.97 Å². The number of rotatable bonds is 2. The Hall–Kier alpha value is -3.34. The number of para-hydroxylation sites is 2. The van der Waals surface area contributed by atoms with Gasteiger partial charge < -0.3 is 9.52 Å². The van der Waals surface area contributed by atoms with Crippen molar-refractivity contribution < 1.29 is 34.4 Å². The number of oxazole rings is 1. The third kappa shape index (κ3) is 4.74. The third-order valence-corrected chi connectivity index (χ3v) is 4.08. The molecule has 5 nitrogen and oxygen atoms in total. The summed E-state index contributed by atoms with van der Waals surface area (Å²) in [7, 11) is 0. The maximum absolute atomic E-state index is 10.6. The Morgan fingerprint density at radius 2 is 1.66 bits per heavy atom. The number of fused-ring (bicyclic) bond motifs is 2. The summed E-state index contributed by atoms with van der Waals surface area (Å²) >= 11 is 0. The van der Waals surface area contributed by atoms with E-state index >= 15 is 0 Å². The van der Waals surface area contributed by atoms with Gasteiger partial charge in [0.05, 0.1) is 5.52 Å². The zero-order valence-corrected chi connectivity index (χ0v) is 17.5. The quantitative estimate of drug-likeness (QED) is 0.300. The smallest absolute Gasteiger partial charge is 0.354 e. The molecule has 6 heteroatoms. The fourth-order valence-electron chi connectivity index (χ4n) is 2.71. The minimum absolute atomic E-state index is 0. The number of carboxylic acids is 1. The van der Waals surface area contributed by atoms with Crippen LogP contribution >= 0.6 is 0 Å². The molecule has 0 amide bonds. The van der Waals surface area contributed by atoms with Gasteiger partial charge in [-0.25, -0.2) is 9.78 Å².